The van der Waals surface area contributed by atoms with Crippen molar-refractivity contribution in [1.82, 2.24) is 0 Å². The third-order valence-corrected chi connectivity index (χ3v) is 2.48. The van der Waals surface area contributed by atoms with Crippen molar-refractivity contribution in [3.63, 3.8) is 0 Å². The average molecular weight is 303 g/mol. The van der Waals surface area contributed by atoms with Gasteiger partial charge in [-0.15, -0.1) is 0 Å². The van der Waals surface area contributed by atoms with Gasteiger partial charge in [-0.2, -0.15) is 0 Å². The Morgan fingerprint density at radius 2 is 2.12 bits per heavy atom. The van der Waals surface area contributed by atoms with Gasteiger partial charge in [-0.1, -0.05) is 15.9 Å². The molecule has 0 fully saturated rings. The lowest BCUT2D eigenvalue weighted by Gasteiger charge is -2.10. The highest BCUT2D eigenvalue weighted by atomic mass is 79.9. The molecular formula is C12H15BrO4. The molecule has 1 aromatic rings. The van der Waals surface area contributed by atoms with Gasteiger partial charge in [-0.3, -0.25) is 0 Å². The van der Waals surface area contributed by atoms with Crippen molar-refractivity contribution in [3.8, 4) is 5.75 Å². The fraction of sp³-hybridized carbons (Fsp3) is 0.417. The molecule has 0 saturated heterocycles. The van der Waals surface area contributed by atoms with Gasteiger partial charge in [-0.25, -0.2) is 4.79 Å². The number of carbonyl (C=O) groups is 1. The summed E-state index contributed by atoms with van der Waals surface area (Å²) in [5, 5.41) is 0. The minimum Gasteiger partial charge on any atom is -0.490 e. The third kappa shape index (κ3) is 4.36. The molecule has 0 N–H and O–H groups in total. The summed E-state index contributed by atoms with van der Waals surface area (Å²) < 4.78 is 16.2. The van der Waals surface area contributed by atoms with E-state index in [0.29, 0.717) is 31.1 Å². The van der Waals surface area contributed by atoms with Crippen LogP contribution in [0.2, 0.25) is 0 Å². The normalized spacial score (nSPS) is 10.1. The molecule has 0 aliphatic carbocycles. The van der Waals surface area contributed by atoms with E-state index in [1.807, 2.05) is 0 Å². The summed E-state index contributed by atoms with van der Waals surface area (Å²) in [6.07, 6.45) is 0. The summed E-state index contributed by atoms with van der Waals surface area (Å²) in [4.78, 5) is 11.7. The van der Waals surface area contributed by atoms with Crippen molar-refractivity contribution < 1.29 is 19.0 Å². The number of hydrogen-bond donors (Lipinski definition) is 0. The molecule has 1 aromatic carbocycles. The summed E-state index contributed by atoms with van der Waals surface area (Å²) in [6, 6.07) is 5.18. The largest absolute Gasteiger partial charge is 0.490 e. The summed E-state index contributed by atoms with van der Waals surface area (Å²) >= 11 is 3.33. The van der Waals surface area contributed by atoms with E-state index in [0.717, 1.165) is 4.47 Å². The van der Waals surface area contributed by atoms with Crippen molar-refractivity contribution in [2.24, 2.45) is 0 Å². The van der Waals surface area contributed by atoms with Crippen LogP contribution in [0.4, 0.5) is 0 Å². The van der Waals surface area contributed by atoms with Gasteiger partial charge in [0, 0.05) is 11.6 Å². The standard InChI is InChI=1S/C12H15BrO4/c1-3-16-12(14)10-5-4-9(13)8-11(10)17-7-6-15-2/h4-5,8H,3,6-7H2,1-2H3. The summed E-state index contributed by atoms with van der Waals surface area (Å²) in [7, 11) is 1.59. The molecule has 0 aromatic heterocycles. The Hall–Kier alpha value is -1.07. The molecular weight excluding hydrogens is 288 g/mol. The van der Waals surface area contributed by atoms with Gasteiger partial charge in [0.15, 0.2) is 0 Å². The maximum absolute atomic E-state index is 11.7. The molecule has 0 aliphatic rings. The highest BCUT2D eigenvalue weighted by molar-refractivity contribution is 9.10. The lowest BCUT2D eigenvalue weighted by Crippen LogP contribution is -2.10. The van der Waals surface area contributed by atoms with Crippen LogP contribution < -0.4 is 4.74 Å². The Bertz CT molecular complexity index is 379. The zero-order valence-electron chi connectivity index (χ0n) is 9.86. The Labute approximate surface area is 109 Å². The number of methoxy groups -OCH3 is 1. The third-order valence-electron chi connectivity index (χ3n) is 1.98. The van der Waals surface area contributed by atoms with E-state index in [4.69, 9.17) is 14.2 Å². The molecule has 0 atom stereocenters. The minimum absolute atomic E-state index is 0.340. The zero-order valence-corrected chi connectivity index (χ0v) is 11.5. The van der Waals surface area contributed by atoms with Crippen LogP contribution in [0.3, 0.4) is 0 Å². The molecule has 0 aliphatic heterocycles. The molecule has 4 nitrogen and oxygen atoms in total. The second kappa shape index (κ2) is 7.29. The first-order valence-corrected chi connectivity index (χ1v) is 6.06. The van der Waals surface area contributed by atoms with Gasteiger partial charge in [-0.05, 0) is 25.1 Å². The molecule has 0 saturated carbocycles. The SMILES string of the molecule is CCOC(=O)c1ccc(Br)cc1OCCOC. The van der Waals surface area contributed by atoms with Crippen molar-refractivity contribution in [2.75, 3.05) is 26.9 Å². The van der Waals surface area contributed by atoms with Crippen LogP contribution >= 0.6 is 15.9 Å². The van der Waals surface area contributed by atoms with E-state index in [9.17, 15) is 4.79 Å². The van der Waals surface area contributed by atoms with Gasteiger partial charge in [0.25, 0.3) is 0 Å². The van der Waals surface area contributed by atoms with E-state index in [-0.39, 0.29) is 5.97 Å². The predicted molar refractivity (Wildman–Crippen MR) is 67.5 cm³/mol. The number of rotatable bonds is 6. The molecule has 0 spiro atoms. The van der Waals surface area contributed by atoms with Crippen LogP contribution in [0.1, 0.15) is 17.3 Å². The van der Waals surface area contributed by atoms with Crippen molar-refractivity contribution >= 4 is 21.9 Å². The molecule has 0 bridgehead atoms. The Morgan fingerprint density at radius 3 is 2.76 bits per heavy atom. The zero-order chi connectivity index (χ0) is 12.7. The molecule has 0 amide bonds. The number of hydrogen-bond acceptors (Lipinski definition) is 4. The molecule has 0 radical (unpaired) electrons. The number of carbonyl (C=O) groups excluding carboxylic acids is 1. The van der Waals surface area contributed by atoms with Crippen LogP contribution in [0.5, 0.6) is 5.75 Å². The first-order valence-electron chi connectivity index (χ1n) is 5.27. The number of halogens is 1. The summed E-state index contributed by atoms with van der Waals surface area (Å²) in [5.41, 5.74) is 0.422. The van der Waals surface area contributed by atoms with Crippen molar-refractivity contribution in [1.29, 1.82) is 0 Å². The van der Waals surface area contributed by atoms with Gasteiger partial charge in [0.1, 0.15) is 17.9 Å². The first kappa shape index (κ1) is 14.0. The topological polar surface area (TPSA) is 44.8 Å². The molecule has 1 rings (SSSR count). The Morgan fingerprint density at radius 1 is 1.35 bits per heavy atom. The fourth-order valence-corrected chi connectivity index (χ4v) is 1.57. The minimum atomic E-state index is -0.382. The number of benzene rings is 1. The molecule has 17 heavy (non-hydrogen) atoms. The van der Waals surface area contributed by atoms with E-state index >= 15 is 0 Å². The maximum atomic E-state index is 11.7. The van der Waals surface area contributed by atoms with Crippen LogP contribution in [0, 0.1) is 0 Å². The Balaban J connectivity index is 2.83. The smallest absolute Gasteiger partial charge is 0.341 e. The lowest BCUT2D eigenvalue weighted by atomic mass is 10.2. The van der Waals surface area contributed by atoms with Crippen LogP contribution in [-0.2, 0) is 9.47 Å². The van der Waals surface area contributed by atoms with Gasteiger partial charge in [0.2, 0.25) is 0 Å². The quantitative estimate of drug-likeness (QED) is 0.598. The predicted octanol–water partition coefficient (Wildman–Crippen LogP) is 2.65. The van der Waals surface area contributed by atoms with E-state index < -0.39 is 0 Å². The van der Waals surface area contributed by atoms with E-state index in [1.165, 1.54) is 0 Å². The molecule has 0 unspecified atom stereocenters. The van der Waals surface area contributed by atoms with E-state index in [1.54, 1.807) is 32.2 Å². The second-order valence-electron chi connectivity index (χ2n) is 3.20. The number of ether oxygens (including phenoxy) is 3. The number of esters is 1. The van der Waals surface area contributed by atoms with Gasteiger partial charge >= 0.3 is 5.97 Å². The monoisotopic (exact) mass is 302 g/mol. The maximum Gasteiger partial charge on any atom is 0.341 e. The fourth-order valence-electron chi connectivity index (χ4n) is 1.23. The molecule has 94 valence electrons. The Kier molecular flexibility index (Phi) is 6.00. The van der Waals surface area contributed by atoms with Crippen LogP contribution in [0.25, 0.3) is 0 Å². The highest BCUT2D eigenvalue weighted by Gasteiger charge is 2.13. The first-order chi connectivity index (χ1) is 8.19. The summed E-state index contributed by atoms with van der Waals surface area (Å²) in [5.74, 6) is 0.113. The van der Waals surface area contributed by atoms with Gasteiger partial charge < -0.3 is 14.2 Å². The highest BCUT2D eigenvalue weighted by Crippen LogP contribution is 2.24. The van der Waals surface area contributed by atoms with Crippen molar-refractivity contribution in [2.45, 2.75) is 6.92 Å². The molecule has 0 heterocycles. The average Bonchev–Trinajstić information content (AvgIpc) is 2.30. The summed E-state index contributed by atoms with van der Waals surface area (Å²) in [6.45, 7) is 2.96. The molecule has 5 heteroatoms. The van der Waals surface area contributed by atoms with Crippen LogP contribution in [0.15, 0.2) is 22.7 Å². The lowest BCUT2D eigenvalue weighted by molar-refractivity contribution is 0.0519. The van der Waals surface area contributed by atoms with Crippen LogP contribution in [-0.4, -0.2) is 32.9 Å². The van der Waals surface area contributed by atoms with Crippen molar-refractivity contribution in [3.05, 3.63) is 28.2 Å². The van der Waals surface area contributed by atoms with Gasteiger partial charge in [0.05, 0.1) is 13.2 Å². The second-order valence-corrected chi connectivity index (χ2v) is 4.12. The van der Waals surface area contributed by atoms with E-state index in [2.05, 4.69) is 15.9 Å².